The maximum absolute atomic E-state index is 7.38. The molecule has 0 saturated heterocycles. The summed E-state index contributed by atoms with van der Waals surface area (Å²) in [7, 11) is 0. The summed E-state index contributed by atoms with van der Waals surface area (Å²) >= 11 is 0. The van der Waals surface area contributed by atoms with Gasteiger partial charge in [0.1, 0.15) is 11.2 Å². The summed E-state index contributed by atoms with van der Waals surface area (Å²) in [4.78, 5) is 4.90. The van der Waals surface area contributed by atoms with Crippen molar-refractivity contribution in [1.29, 1.82) is 0 Å². The summed E-state index contributed by atoms with van der Waals surface area (Å²) in [6.07, 6.45) is 6.42. The summed E-state index contributed by atoms with van der Waals surface area (Å²) in [6.45, 7) is 8.80. The van der Waals surface area contributed by atoms with Gasteiger partial charge in [-0.05, 0) is 144 Å². The van der Waals surface area contributed by atoms with Gasteiger partial charge in [0.2, 0.25) is 0 Å². The summed E-state index contributed by atoms with van der Waals surface area (Å²) in [6, 6.07) is 78.4. The van der Waals surface area contributed by atoms with Gasteiger partial charge in [0.05, 0.1) is 22.7 Å². The molecule has 0 N–H and O–H groups in total. The zero-order valence-electron chi connectivity index (χ0n) is 44.5. The van der Waals surface area contributed by atoms with E-state index in [2.05, 4.69) is 250 Å². The number of fused-ring (bicyclic) bond motifs is 6. The first-order valence-electron chi connectivity index (χ1n) is 27.9. The molecule has 376 valence electrons. The molecule has 0 unspecified atom stereocenters. The van der Waals surface area contributed by atoms with Gasteiger partial charge in [0, 0.05) is 60.2 Å². The molecule has 0 bridgehead atoms. The van der Waals surface area contributed by atoms with E-state index in [9.17, 15) is 0 Å². The Labute approximate surface area is 454 Å². The molecule has 2 aromatic heterocycles. The minimum atomic E-state index is 0.577. The van der Waals surface area contributed by atoms with Gasteiger partial charge in [0.15, 0.2) is 11.2 Å². The highest BCUT2D eigenvalue weighted by Gasteiger charge is 2.29. The number of hydrogen-bond donors (Lipinski definition) is 0. The predicted octanol–water partition coefficient (Wildman–Crippen LogP) is 21.9. The number of aryl methyl sites for hydroxylation is 4. The molecule has 0 aliphatic heterocycles. The lowest BCUT2D eigenvalue weighted by molar-refractivity contribution is 0.444. The van der Waals surface area contributed by atoms with Crippen molar-refractivity contribution >= 4 is 110 Å². The SMILES string of the molecule is Cc1cccc(C)c1-c1cccc2c1oc1c(N(c3ccccc3)c3cc(N(c4ccccc4)c4cccc5c4oc4c(-c6c(C)cccc6C)cccc45)c4ccc5cc(C6CCCCC6)cc6ccc3c4c65)cccc12. The van der Waals surface area contributed by atoms with Crippen molar-refractivity contribution in [2.75, 3.05) is 9.80 Å². The maximum atomic E-state index is 7.38. The highest BCUT2D eigenvalue weighted by molar-refractivity contribution is 6.30. The van der Waals surface area contributed by atoms with Crippen LogP contribution in [0.15, 0.2) is 221 Å². The van der Waals surface area contributed by atoms with Crippen molar-refractivity contribution in [3.05, 3.63) is 240 Å². The van der Waals surface area contributed by atoms with E-state index in [1.165, 1.54) is 103 Å². The highest BCUT2D eigenvalue weighted by Crippen LogP contribution is 2.54. The summed E-state index contributed by atoms with van der Waals surface area (Å²) in [5.74, 6) is 0.577. The highest BCUT2D eigenvalue weighted by atomic mass is 16.3. The molecule has 1 fully saturated rings. The van der Waals surface area contributed by atoms with Crippen LogP contribution >= 0.6 is 0 Å². The van der Waals surface area contributed by atoms with Gasteiger partial charge in [-0.3, -0.25) is 0 Å². The molecule has 0 radical (unpaired) electrons. The lowest BCUT2D eigenvalue weighted by Gasteiger charge is -2.32. The van der Waals surface area contributed by atoms with Crippen LogP contribution in [0.2, 0.25) is 0 Å². The van der Waals surface area contributed by atoms with E-state index in [1.807, 2.05) is 0 Å². The Morgan fingerprint density at radius 3 is 1.19 bits per heavy atom. The van der Waals surface area contributed by atoms with Crippen LogP contribution in [0.5, 0.6) is 0 Å². The number of nitrogens with zero attached hydrogens (tertiary/aromatic N) is 2. The molecule has 12 aromatic carbocycles. The first-order chi connectivity index (χ1) is 38.4. The number of hydrogen-bond acceptors (Lipinski definition) is 4. The number of benzene rings is 12. The Morgan fingerprint density at radius 2 is 0.744 bits per heavy atom. The molecule has 0 amide bonds. The average Bonchev–Trinajstić information content (AvgIpc) is 4.20. The summed E-state index contributed by atoms with van der Waals surface area (Å²) < 4.78 is 14.8. The van der Waals surface area contributed by atoms with Crippen molar-refractivity contribution in [3.63, 3.8) is 0 Å². The van der Waals surface area contributed by atoms with Gasteiger partial charge in [0.25, 0.3) is 0 Å². The monoisotopic (exact) mass is 1010 g/mol. The molecule has 14 aromatic rings. The van der Waals surface area contributed by atoms with Gasteiger partial charge >= 0.3 is 0 Å². The van der Waals surface area contributed by atoms with Gasteiger partial charge in [-0.1, -0.05) is 189 Å². The largest absolute Gasteiger partial charge is 0.453 e. The van der Waals surface area contributed by atoms with Crippen molar-refractivity contribution in [1.82, 2.24) is 0 Å². The van der Waals surface area contributed by atoms with E-state index in [-0.39, 0.29) is 0 Å². The Bertz CT molecular complexity index is 4330. The van der Waals surface area contributed by atoms with E-state index in [0.29, 0.717) is 5.92 Å². The van der Waals surface area contributed by atoms with Gasteiger partial charge in [-0.15, -0.1) is 0 Å². The third-order valence-electron chi connectivity index (χ3n) is 17.3. The third-order valence-corrected chi connectivity index (χ3v) is 17.3. The number of rotatable bonds is 9. The molecule has 4 heteroatoms. The molecule has 1 aliphatic rings. The van der Waals surface area contributed by atoms with Crippen molar-refractivity contribution in [2.24, 2.45) is 0 Å². The van der Waals surface area contributed by atoms with Gasteiger partial charge < -0.3 is 18.6 Å². The number of furan rings is 2. The van der Waals surface area contributed by atoms with Crippen molar-refractivity contribution in [2.45, 2.75) is 65.7 Å². The zero-order valence-corrected chi connectivity index (χ0v) is 44.5. The van der Waals surface area contributed by atoms with Gasteiger partial charge in [-0.2, -0.15) is 0 Å². The number of para-hydroxylation sites is 6. The molecule has 15 rings (SSSR count). The van der Waals surface area contributed by atoms with Crippen LogP contribution in [-0.4, -0.2) is 0 Å². The fourth-order valence-electron chi connectivity index (χ4n) is 13.7. The fraction of sp³-hybridized carbons (Fsp3) is 0.135. The predicted molar refractivity (Wildman–Crippen MR) is 330 cm³/mol. The second kappa shape index (κ2) is 18.3. The van der Waals surface area contributed by atoms with Gasteiger partial charge in [-0.25, -0.2) is 0 Å². The lowest BCUT2D eigenvalue weighted by Crippen LogP contribution is -2.15. The van der Waals surface area contributed by atoms with E-state index < -0.39 is 0 Å². The Kier molecular flexibility index (Phi) is 10.8. The van der Waals surface area contributed by atoms with Crippen LogP contribution in [0, 0.1) is 27.7 Å². The van der Waals surface area contributed by atoms with Crippen LogP contribution in [0.25, 0.3) is 98.4 Å². The molecule has 1 aliphatic carbocycles. The van der Waals surface area contributed by atoms with E-state index >= 15 is 0 Å². The molecule has 0 atom stereocenters. The van der Waals surface area contributed by atoms with E-state index in [1.54, 1.807) is 0 Å². The number of anilines is 6. The van der Waals surface area contributed by atoms with Crippen LogP contribution < -0.4 is 9.80 Å². The smallest absolute Gasteiger partial charge is 0.159 e. The molecule has 78 heavy (non-hydrogen) atoms. The van der Waals surface area contributed by atoms with Crippen LogP contribution in [0.4, 0.5) is 34.1 Å². The van der Waals surface area contributed by atoms with Crippen LogP contribution in [0.1, 0.15) is 65.8 Å². The minimum Gasteiger partial charge on any atom is -0.453 e. The third kappa shape index (κ3) is 7.19. The average molecular weight is 1010 g/mol. The molecule has 1 saturated carbocycles. The molecule has 2 heterocycles. The summed E-state index contributed by atoms with van der Waals surface area (Å²) in [5, 5.41) is 11.8. The first-order valence-corrected chi connectivity index (χ1v) is 27.9. The van der Waals surface area contributed by atoms with E-state index in [4.69, 9.17) is 8.83 Å². The molecular formula is C74H58N2O2. The topological polar surface area (TPSA) is 32.8 Å². The summed E-state index contributed by atoms with van der Waals surface area (Å²) in [5.41, 5.74) is 20.6. The second-order valence-electron chi connectivity index (χ2n) is 21.9. The molecule has 4 nitrogen and oxygen atoms in total. The fourth-order valence-corrected chi connectivity index (χ4v) is 13.7. The van der Waals surface area contributed by atoms with Crippen LogP contribution in [0.3, 0.4) is 0 Å². The Balaban J connectivity index is 1.05. The maximum Gasteiger partial charge on any atom is 0.159 e. The molecular weight excluding hydrogens is 949 g/mol. The van der Waals surface area contributed by atoms with Crippen molar-refractivity contribution < 1.29 is 8.83 Å². The first kappa shape index (κ1) is 46.2. The quantitative estimate of drug-likeness (QED) is 0.135. The zero-order chi connectivity index (χ0) is 52.2. The molecule has 0 spiro atoms. The lowest BCUT2D eigenvalue weighted by atomic mass is 9.82. The standard InChI is InChI=1S/C74H58N2O2/c1-45-20-14-21-46(2)67(45)61-34-16-30-55-57-32-18-36-63(73(57)77-71(55)61)75(53-26-10-6-11-27-53)65-44-66(60-41-39-51-43-52(49-24-8-5-9-25-49)42-50-38-40-59(65)70(60)69(50)51)76(54-28-12-7-13-29-54)64-37-19-33-58-56-31-17-35-62(72(56)78-74(58)64)68-47(3)22-15-23-48(68)4/h6-7,10-23,26-44,49H,5,8-9,24-25H2,1-4H3. The minimum absolute atomic E-state index is 0.577. The Hall–Kier alpha value is -9.12. The van der Waals surface area contributed by atoms with Crippen LogP contribution in [-0.2, 0) is 0 Å². The Morgan fingerprint density at radius 1 is 0.333 bits per heavy atom. The normalized spacial score (nSPS) is 13.3. The second-order valence-corrected chi connectivity index (χ2v) is 21.9. The van der Waals surface area contributed by atoms with Crippen molar-refractivity contribution in [3.8, 4) is 22.3 Å². The van der Waals surface area contributed by atoms with E-state index in [0.717, 1.165) is 89.1 Å².